The third-order valence-electron chi connectivity index (χ3n) is 3.48. The number of hydrogen-bond donors (Lipinski definition) is 0. The Bertz CT molecular complexity index is 471. The van der Waals surface area contributed by atoms with Crippen molar-refractivity contribution in [3.8, 4) is 0 Å². The molecular formula is C18H32N2. The molecule has 0 saturated carbocycles. The maximum absolute atomic E-state index is 4.94. The highest BCUT2D eigenvalue weighted by Crippen LogP contribution is 2.37. The normalized spacial score (nSPS) is 13.4. The standard InChI is InChI=1S/C18H32N2/c1-11(2)14-13(17(5,6)7)15(18(8,9)10)20-16(19-14)12(3)4/h11-12H,1-10H3. The van der Waals surface area contributed by atoms with Crippen LogP contribution in [0.25, 0.3) is 0 Å². The summed E-state index contributed by atoms with van der Waals surface area (Å²) in [5.74, 6) is 1.76. The SMILES string of the molecule is CC(C)c1nc(C(C)C)c(C(C)(C)C)c(C(C)(C)C)n1. The molecule has 0 aromatic carbocycles. The van der Waals surface area contributed by atoms with Gasteiger partial charge in [0.25, 0.3) is 0 Å². The van der Waals surface area contributed by atoms with Gasteiger partial charge in [-0.1, -0.05) is 69.2 Å². The second-order valence-electron chi connectivity index (χ2n) is 8.50. The smallest absolute Gasteiger partial charge is 0.131 e. The van der Waals surface area contributed by atoms with Gasteiger partial charge in [-0.25, -0.2) is 9.97 Å². The van der Waals surface area contributed by atoms with Crippen molar-refractivity contribution in [2.24, 2.45) is 0 Å². The van der Waals surface area contributed by atoms with Crippen LogP contribution in [-0.4, -0.2) is 9.97 Å². The summed E-state index contributed by atoms with van der Waals surface area (Å²) in [4.78, 5) is 9.84. The number of hydrogen-bond acceptors (Lipinski definition) is 2. The van der Waals surface area contributed by atoms with Crippen molar-refractivity contribution in [3.05, 3.63) is 22.8 Å². The molecule has 20 heavy (non-hydrogen) atoms. The average molecular weight is 276 g/mol. The van der Waals surface area contributed by atoms with Crippen LogP contribution in [0.5, 0.6) is 0 Å². The van der Waals surface area contributed by atoms with Crippen molar-refractivity contribution in [2.45, 2.75) is 91.9 Å². The van der Waals surface area contributed by atoms with E-state index >= 15 is 0 Å². The Hall–Kier alpha value is -0.920. The molecule has 0 fully saturated rings. The molecule has 0 spiro atoms. The highest BCUT2D eigenvalue weighted by atomic mass is 14.9. The van der Waals surface area contributed by atoms with E-state index in [0.717, 1.165) is 5.82 Å². The van der Waals surface area contributed by atoms with Crippen LogP contribution in [-0.2, 0) is 10.8 Å². The quantitative estimate of drug-likeness (QED) is 0.730. The highest BCUT2D eigenvalue weighted by molar-refractivity contribution is 5.38. The van der Waals surface area contributed by atoms with Gasteiger partial charge in [-0.05, 0) is 11.3 Å². The summed E-state index contributed by atoms with van der Waals surface area (Å²) >= 11 is 0. The lowest BCUT2D eigenvalue weighted by atomic mass is 9.76. The lowest BCUT2D eigenvalue weighted by Gasteiger charge is -2.32. The molecule has 0 aliphatic carbocycles. The predicted octanol–water partition coefficient (Wildman–Crippen LogP) is 5.32. The molecular weight excluding hydrogens is 244 g/mol. The van der Waals surface area contributed by atoms with Crippen LogP contribution in [0.1, 0.15) is 104 Å². The van der Waals surface area contributed by atoms with Gasteiger partial charge < -0.3 is 0 Å². The van der Waals surface area contributed by atoms with Crippen LogP contribution in [0.4, 0.5) is 0 Å². The van der Waals surface area contributed by atoms with Crippen LogP contribution >= 0.6 is 0 Å². The molecule has 1 heterocycles. The molecule has 1 rings (SSSR count). The van der Waals surface area contributed by atoms with Crippen LogP contribution in [0.2, 0.25) is 0 Å². The molecule has 2 nitrogen and oxygen atoms in total. The zero-order valence-corrected chi connectivity index (χ0v) is 15.0. The number of rotatable bonds is 2. The van der Waals surface area contributed by atoms with E-state index in [-0.39, 0.29) is 10.8 Å². The Morgan fingerprint density at radius 3 is 1.50 bits per heavy atom. The summed E-state index contributed by atoms with van der Waals surface area (Å²) in [7, 11) is 0. The fourth-order valence-electron chi connectivity index (χ4n) is 2.45. The van der Waals surface area contributed by atoms with Crippen molar-refractivity contribution in [1.82, 2.24) is 9.97 Å². The van der Waals surface area contributed by atoms with Crippen molar-refractivity contribution in [3.63, 3.8) is 0 Å². The molecule has 0 bridgehead atoms. The van der Waals surface area contributed by atoms with Crippen molar-refractivity contribution < 1.29 is 0 Å². The van der Waals surface area contributed by atoms with Crippen LogP contribution < -0.4 is 0 Å². The Morgan fingerprint density at radius 2 is 1.20 bits per heavy atom. The third kappa shape index (κ3) is 3.59. The lowest BCUT2D eigenvalue weighted by molar-refractivity contribution is 0.491. The predicted molar refractivity (Wildman–Crippen MR) is 87.6 cm³/mol. The van der Waals surface area contributed by atoms with Crippen LogP contribution in [0.3, 0.4) is 0 Å². The van der Waals surface area contributed by atoms with Gasteiger partial charge in [0.1, 0.15) is 5.82 Å². The summed E-state index contributed by atoms with van der Waals surface area (Å²) in [6.45, 7) is 22.3. The van der Waals surface area contributed by atoms with E-state index in [4.69, 9.17) is 9.97 Å². The molecule has 0 atom stereocenters. The van der Waals surface area contributed by atoms with Crippen LogP contribution in [0.15, 0.2) is 0 Å². The monoisotopic (exact) mass is 276 g/mol. The van der Waals surface area contributed by atoms with Crippen LogP contribution in [0, 0.1) is 0 Å². The highest BCUT2D eigenvalue weighted by Gasteiger charge is 2.31. The fourth-order valence-corrected chi connectivity index (χ4v) is 2.45. The van der Waals surface area contributed by atoms with E-state index in [9.17, 15) is 0 Å². The van der Waals surface area contributed by atoms with Crippen molar-refractivity contribution in [2.75, 3.05) is 0 Å². The molecule has 0 aliphatic heterocycles. The molecule has 0 unspecified atom stereocenters. The Morgan fingerprint density at radius 1 is 0.700 bits per heavy atom. The van der Waals surface area contributed by atoms with Gasteiger partial charge in [-0.2, -0.15) is 0 Å². The second kappa shape index (κ2) is 5.46. The minimum Gasteiger partial charge on any atom is -0.237 e. The van der Waals surface area contributed by atoms with Gasteiger partial charge >= 0.3 is 0 Å². The molecule has 1 aromatic rings. The maximum Gasteiger partial charge on any atom is 0.131 e. The lowest BCUT2D eigenvalue weighted by Crippen LogP contribution is -2.28. The van der Waals surface area contributed by atoms with Crippen molar-refractivity contribution in [1.29, 1.82) is 0 Å². The summed E-state index contributed by atoms with van der Waals surface area (Å²) in [5, 5.41) is 0. The Balaban J connectivity index is 3.77. The van der Waals surface area contributed by atoms with E-state index in [1.165, 1.54) is 17.0 Å². The first-order valence-corrected chi connectivity index (χ1v) is 7.78. The first-order valence-electron chi connectivity index (χ1n) is 7.78. The van der Waals surface area contributed by atoms with Gasteiger partial charge in [0.2, 0.25) is 0 Å². The van der Waals surface area contributed by atoms with Crippen molar-refractivity contribution >= 4 is 0 Å². The Labute approximate surface area is 125 Å². The van der Waals surface area contributed by atoms with Gasteiger partial charge in [0.05, 0.1) is 11.4 Å². The number of aromatic nitrogens is 2. The Kier molecular flexibility index (Phi) is 4.68. The molecule has 1 aromatic heterocycles. The minimum atomic E-state index is 0.0405. The fraction of sp³-hybridized carbons (Fsp3) is 0.778. The average Bonchev–Trinajstić information content (AvgIpc) is 2.24. The van der Waals surface area contributed by atoms with E-state index in [1.54, 1.807) is 0 Å². The largest absolute Gasteiger partial charge is 0.237 e. The summed E-state index contributed by atoms with van der Waals surface area (Å²) < 4.78 is 0. The number of nitrogens with zero attached hydrogens (tertiary/aromatic N) is 2. The zero-order chi connectivity index (χ0) is 15.9. The van der Waals surface area contributed by atoms with Gasteiger partial charge in [-0.15, -0.1) is 0 Å². The molecule has 0 saturated heterocycles. The zero-order valence-electron chi connectivity index (χ0n) is 15.0. The van der Waals surface area contributed by atoms with Gasteiger partial charge in [0.15, 0.2) is 0 Å². The molecule has 0 aliphatic rings. The topological polar surface area (TPSA) is 25.8 Å². The maximum atomic E-state index is 4.94. The van der Waals surface area contributed by atoms with E-state index in [2.05, 4.69) is 69.2 Å². The molecule has 0 N–H and O–H groups in total. The van der Waals surface area contributed by atoms with Gasteiger partial charge in [-0.3, -0.25) is 0 Å². The second-order valence-corrected chi connectivity index (χ2v) is 8.50. The first kappa shape index (κ1) is 17.1. The molecule has 0 radical (unpaired) electrons. The van der Waals surface area contributed by atoms with E-state index in [0.29, 0.717) is 11.8 Å². The third-order valence-corrected chi connectivity index (χ3v) is 3.48. The summed E-state index contributed by atoms with van der Waals surface area (Å²) in [6.07, 6.45) is 0. The van der Waals surface area contributed by atoms with Gasteiger partial charge in [0, 0.05) is 16.9 Å². The molecule has 114 valence electrons. The molecule has 2 heteroatoms. The summed E-state index contributed by atoms with van der Waals surface area (Å²) in [5.41, 5.74) is 3.88. The van der Waals surface area contributed by atoms with E-state index in [1.807, 2.05) is 0 Å². The van der Waals surface area contributed by atoms with E-state index < -0.39 is 0 Å². The first-order chi connectivity index (χ1) is 8.85. The minimum absolute atomic E-state index is 0.0405. The molecule has 0 amide bonds. The summed E-state index contributed by atoms with van der Waals surface area (Å²) in [6, 6.07) is 0.